The molecule has 39 heavy (non-hydrogen) atoms. The third kappa shape index (κ3) is 5.51. The van der Waals surface area contributed by atoms with Crippen LogP contribution in [0, 0.1) is 11.6 Å². The lowest BCUT2D eigenvalue weighted by Crippen LogP contribution is -2.44. The molecule has 1 fully saturated rings. The van der Waals surface area contributed by atoms with E-state index in [1.54, 1.807) is 18.2 Å². The first kappa shape index (κ1) is 27.5. The lowest BCUT2D eigenvalue weighted by molar-refractivity contribution is 0.0573. The van der Waals surface area contributed by atoms with Gasteiger partial charge in [0.25, 0.3) is 5.91 Å². The molecule has 9 heteroatoms. The zero-order chi connectivity index (χ0) is 27.7. The van der Waals surface area contributed by atoms with Crippen LogP contribution in [0.1, 0.15) is 40.9 Å². The van der Waals surface area contributed by atoms with Crippen molar-refractivity contribution in [3.05, 3.63) is 81.8 Å². The van der Waals surface area contributed by atoms with Gasteiger partial charge in [-0.05, 0) is 82.2 Å². The average Bonchev–Trinajstić information content (AvgIpc) is 3.32. The molecule has 0 bridgehead atoms. The number of carbonyl (C=O) groups excluding carboxylic acids is 1. The number of methoxy groups -OCH3 is 1. The Morgan fingerprint density at radius 2 is 1.77 bits per heavy atom. The summed E-state index contributed by atoms with van der Waals surface area (Å²) in [4.78, 5) is 22.8. The highest BCUT2D eigenvalue weighted by atomic mass is 35.5. The van der Waals surface area contributed by atoms with Gasteiger partial charge in [0, 0.05) is 36.0 Å². The first-order valence-electron chi connectivity index (χ1n) is 12.9. The molecule has 0 saturated heterocycles. The van der Waals surface area contributed by atoms with E-state index in [0.29, 0.717) is 11.8 Å². The number of hydrogen-bond acceptors (Lipinski definition) is 5. The van der Waals surface area contributed by atoms with Crippen LogP contribution >= 0.6 is 22.9 Å². The second kappa shape index (κ2) is 11.6. The van der Waals surface area contributed by atoms with Gasteiger partial charge >= 0.3 is 0 Å². The summed E-state index contributed by atoms with van der Waals surface area (Å²) >= 11 is 7.46. The number of pyridine rings is 1. The number of hydrogen-bond donors (Lipinski definition) is 0. The molecule has 0 aliphatic heterocycles. The smallest absolute Gasteiger partial charge is 0.266 e. The largest absolute Gasteiger partial charge is 0.496 e. The van der Waals surface area contributed by atoms with Gasteiger partial charge in [0.15, 0.2) is 0 Å². The Balaban J connectivity index is 1.55. The van der Waals surface area contributed by atoms with E-state index in [-0.39, 0.29) is 38.5 Å². The van der Waals surface area contributed by atoms with Crippen LogP contribution in [0.4, 0.5) is 8.78 Å². The van der Waals surface area contributed by atoms with Crippen molar-refractivity contribution in [2.24, 2.45) is 0 Å². The zero-order valence-electron chi connectivity index (χ0n) is 22.1. The van der Waals surface area contributed by atoms with Crippen LogP contribution in [-0.4, -0.2) is 54.0 Å². The average molecular weight is 570 g/mol. The highest BCUT2D eigenvalue weighted by Gasteiger charge is 2.33. The fourth-order valence-electron chi connectivity index (χ4n) is 5.40. The van der Waals surface area contributed by atoms with Gasteiger partial charge in [0.1, 0.15) is 22.3 Å². The molecule has 0 N–H and O–H groups in total. The molecule has 0 radical (unpaired) electrons. The third-order valence-electron chi connectivity index (χ3n) is 7.56. The van der Waals surface area contributed by atoms with Crippen LogP contribution in [-0.2, 0) is 6.54 Å². The number of benzene rings is 2. The van der Waals surface area contributed by atoms with Crippen molar-refractivity contribution in [3.63, 3.8) is 0 Å². The van der Waals surface area contributed by atoms with E-state index in [1.807, 2.05) is 36.4 Å². The van der Waals surface area contributed by atoms with Crippen molar-refractivity contribution in [1.82, 2.24) is 14.8 Å². The number of halogens is 3. The minimum absolute atomic E-state index is 0.0434. The van der Waals surface area contributed by atoms with Crippen LogP contribution < -0.4 is 4.74 Å². The summed E-state index contributed by atoms with van der Waals surface area (Å²) in [6.45, 7) is 0.259. The normalized spacial score (nSPS) is 17.5. The molecule has 2 heterocycles. The fourth-order valence-corrected chi connectivity index (χ4v) is 6.90. The van der Waals surface area contributed by atoms with Gasteiger partial charge in [0.05, 0.1) is 27.9 Å². The number of carbonyl (C=O) groups is 1. The first-order chi connectivity index (χ1) is 18.8. The molecule has 1 aliphatic rings. The third-order valence-corrected chi connectivity index (χ3v) is 9.23. The Labute approximate surface area is 236 Å². The molecule has 4 aromatic rings. The highest BCUT2D eigenvalue weighted by Crippen LogP contribution is 2.40. The van der Waals surface area contributed by atoms with Crippen LogP contribution in [0.2, 0.25) is 5.02 Å². The predicted octanol–water partition coefficient (Wildman–Crippen LogP) is 7.42. The topological polar surface area (TPSA) is 45.7 Å². The Morgan fingerprint density at radius 3 is 2.41 bits per heavy atom. The Morgan fingerprint density at radius 1 is 1.05 bits per heavy atom. The molecular weight excluding hydrogens is 540 g/mol. The predicted molar refractivity (Wildman–Crippen MR) is 153 cm³/mol. The number of amides is 1. The van der Waals surface area contributed by atoms with Gasteiger partial charge in [0.2, 0.25) is 0 Å². The maximum atomic E-state index is 14.6. The number of aromatic nitrogens is 1. The summed E-state index contributed by atoms with van der Waals surface area (Å²) < 4.78 is 34.9. The van der Waals surface area contributed by atoms with E-state index in [9.17, 15) is 13.6 Å². The molecule has 1 saturated carbocycles. The molecule has 1 amide bonds. The van der Waals surface area contributed by atoms with Gasteiger partial charge in [-0.15, -0.1) is 11.3 Å². The Bertz CT molecular complexity index is 1490. The molecule has 0 unspecified atom stereocenters. The molecule has 5 rings (SSSR count). The van der Waals surface area contributed by atoms with E-state index >= 15 is 0 Å². The van der Waals surface area contributed by atoms with E-state index < -0.39 is 11.6 Å². The number of fused-ring (bicyclic) bond motifs is 1. The lowest BCUT2D eigenvalue weighted by Gasteiger charge is -2.39. The van der Waals surface area contributed by atoms with Crippen molar-refractivity contribution >= 4 is 38.9 Å². The van der Waals surface area contributed by atoms with Crippen LogP contribution in [0.15, 0.2) is 54.7 Å². The van der Waals surface area contributed by atoms with Crippen molar-refractivity contribution in [2.45, 2.75) is 44.3 Å². The van der Waals surface area contributed by atoms with Crippen LogP contribution in [0.3, 0.4) is 0 Å². The van der Waals surface area contributed by atoms with E-state index in [1.165, 1.54) is 0 Å². The second-order valence-electron chi connectivity index (χ2n) is 10.1. The van der Waals surface area contributed by atoms with Crippen molar-refractivity contribution in [2.75, 3.05) is 21.2 Å². The monoisotopic (exact) mass is 569 g/mol. The summed E-state index contributed by atoms with van der Waals surface area (Å²) in [6.07, 6.45) is 5.23. The maximum Gasteiger partial charge on any atom is 0.266 e. The van der Waals surface area contributed by atoms with E-state index in [0.717, 1.165) is 66.0 Å². The standard InChI is InChI=1S/C30H30ClF2N3O2S/c1-35(2)20-8-10-21(11-9-20)36(30(37)29-27(31)26-22(32)12-13-23(33)28(26)39-29)17-19-16-18(7-14-25(19)38-3)24-6-4-5-15-34-24/h4-7,12-16,20-21H,8-11,17H2,1-3H3/t20-,21-. The van der Waals surface area contributed by atoms with Crippen molar-refractivity contribution < 1.29 is 18.3 Å². The fraction of sp³-hybridized carbons (Fsp3) is 0.333. The first-order valence-corrected chi connectivity index (χ1v) is 14.1. The van der Waals surface area contributed by atoms with Crippen LogP contribution in [0.25, 0.3) is 21.3 Å². The molecule has 5 nitrogen and oxygen atoms in total. The molecule has 1 aliphatic carbocycles. The quantitative estimate of drug-likeness (QED) is 0.232. The number of thiophene rings is 1. The SMILES string of the molecule is COc1ccc(-c2ccccn2)cc1CN(C(=O)c1sc2c(F)ccc(F)c2c1Cl)[C@H]1CC[C@H](N(C)C)CC1. The summed E-state index contributed by atoms with van der Waals surface area (Å²) in [5, 5.41) is -0.0887. The van der Waals surface area contributed by atoms with Gasteiger partial charge in [-0.25, -0.2) is 8.78 Å². The van der Waals surface area contributed by atoms with Gasteiger partial charge in [-0.1, -0.05) is 17.7 Å². The summed E-state index contributed by atoms with van der Waals surface area (Å²) in [5.41, 5.74) is 2.53. The molecule has 204 valence electrons. The van der Waals surface area contributed by atoms with Crippen molar-refractivity contribution in [1.29, 1.82) is 0 Å². The lowest BCUT2D eigenvalue weighted by atomic mass is 9.89. The number of rotatable bonds is 7. The minimum Gasteiger partial charge on any atom is -0.496 e. The number of ether oxygens (including phenoxy) is 1. The van der Waals surface area contributed by atoms with Crippen LogP contribution in [0.5, 0.6) is 5.75 Å². The highest BCUT2D eigenvalue weighted by molar-refractivity contribution is 7.21. The summed E-state index contributed by atoms with van der Waals surface area (Å²) in [5.74, 6) is -0.929. The molecule has 0 atom stereocenters. The minimum atomic E-state index is -0.644. The van der Waals surface area contributed by atoms with Gasteiger partial charge in [-0.2, -0.15) is 0 Å². The molecule has 2 aromatic carbocycles. The van der Waals surface area contributed by atoms with Crippen molar-refractivity contribution in [3.8, 4) is 17.0 Å². The van der Waals surface area contributed by atoms with Gasteiger partial charge < -0.3 is 14.5 Å². The second-order valence-corrected chi connectivity index (χ2v) is 11.5. The Hall–Kier alpha value is -3.07. The summed E-state index contributed by atoms with van der Waals surface area (Å²) in [6, 6.07) is 14.0. The van der Waals surface area contributed by atoms with E-state index in [4.69, 9.17) is 16.3 Å². The molecule has 2 aromatic heterocycles. The van der Waals surface area contributed by atoms with Gasteiger partial charge in [-0.3, -0.25) is 9.78 Å². The zero-order valence-corrected chi connectivity index (χ0v) is 23.7. The number of nitrogens with zero attached hydrogens (tertiary/aromatic N) is 3. The van der Waals surface area contributed by atoms with E-state index in [2.05, 4.69) is 24.0 Å². The maximum absolute atomic E-state index is 14.6. The summed E-state index contributed by atoms with van der Waals surface area (Å²) in [7, 11) is 5.74. The molecule has 0 spiro atoms. The molecular formula is C30H30ClF2N3O2S. The Kier molecular flexibility index (Phi) is 8.16.